The molecule has 0 aliphatic heterocycles. The lowest BCUT2D eigenvalue weighted by atomic mass is 10.5. The van der Waals surface area contributed by atoms with Crippen LogP contribution in [0.4, 0.5) is 5.13 Å². The van der Waals surface area contributed by atoms with Crippen LogP contribution >= 0.6 is 22.7 Å². The van der Waals surface area contributed by atoms with Crippen molar-refractivity contribution in [1.82, 2.24) is 4.98 Å². The monoisotopic (exact) mass is 223 g/mol. The van der Waals surface area contributed by atoms with Crippen LogP contribution in [0.1, 0.15) is 10.6 Å². The Bertz CT molecular complexity index is 417. The number of rotatable bonds is 3. The van der Waals surface area contributed by atoms with Crippen LogP contribution < -0.4 is 5.43 Å². The fourth-order valence-electron chi connectivity index (χ4n) is 0.921. The molecule has 0 spiro atoms. The van der Waals surface area contributed by atoms with Crippen LogP contribution in [0.25, 0.3) is 0 Å². The zero-order valence-electron chi connectivity index (χ0n) is 7.60. The predicted octanol–water partition coefficient (Wildman–Crippen LogP) is 2.96. The Morgan fingerprint density at radius 3 is 3.07 bits per heavy atom. The molecule has 0 radical (unpaired) electrons. The number of nitrogens with zero attached hydrogens (tertiary/aromatic N) is 2. The van der Waals surface area contributed by atoms with Crippen LogP contribution in [-0.4, -0.2) is 11.2 Å². The highest BCUT2D eigenvalue weighted by atomic mass is 32.1. The Morgan fingerprint density at radius 1 is 1.50 bits per heavy atom. The summed E-state index contributed by atoms with van der Waals surface area (Å²) in [7, 11) is 0. The summed E-state index contributed by atoms with van der Waals surface area (Å²) in [5.74, 6) is 0. The minimum Gasteiger partial charge on any atom is -0.253 e. The molecule has 14 heavy (non-hydrogen) atoms. The van der Waals surface area contributed by atoms with Crippen molar-refractivity contribution in [2.24, 2.45) is 5.10 Å². The zero-order valence-corrected chi connectivity index (χ0v) is 9.23. The van der Waals surface area contributed by atoms with Crippen molar-refractivity contribution in [3.05, 3.63) is 33.5 Å². The summed E-state index contributed by atoms with van der Waals surface area (Å²) < 4.78 is 0. The van der Waals surface area contributed by atoms with Crippen LogP contribution in [0.5, 0.6) is 0 Å². The highest BCUT2D eigenvalue weighted by Gasteiger charge is 1.94. The molecular formula is C9H9N3S2. The standard InChI is InChI=1S/C9H9N3S2/c1-7-6-14-9(11-7)12-10-5-8-3-2-4-13-8/h2-6H,1H3,(H,11,12)/b10-5+. The number of thiazole rings is 1. The van der Waals surface area contributed by atoms with Gasteiger partial charge in [0.15, 0.2) is 0 Å². The summed E-state index contributed by atoms with van der Waals surface area (Å²) in [4.78, 5) is 5.36. The maximum atomic E-state index is 4.23. The van der Waals surface area contributed by atoms with Gasteiger partial charge in [0.25, 0.3) is 0 Å². The molecule has 2 aromatic heterocycles. The maximum absolute atomic E-state index is 4.23. The number of hydrogen-bond acceptors (Lipinski definition) is 5. The van der Waals surface area contributed by atoms with Gasteiger partial charge in [-0.15, -0.1) is 22.7 Å². The van der Waals surface area contributed by atoms with Crippen molar-refractivity contribution in [3.8, 4) is 0 Å². The minimum absolute atomic E-state index is 0.829. The molecule has 2 heterocycles. The number of aromatic nitrogens is 1. The average Bonchev–Trinajstić information content (AvgIpc) is 2.77. The van der Waals surface area contributed by atoms with E-state index in [0.29, 0.717) is 0 Å². The highest BCUT2D eigenvalue weighted by molar-refractivity contribution is 7.13. The molecule has 0 aliphatic carbocycles. The second-order valence-corrected chi connectivity index (χ2v) is 4.52. The molecule has 0 aliphatic rings. The third-order valence-electron chi connectivity index (χ3n) is 1.51. The van der Waals surface area contributed by atoms with Crippen LogP contribution in [0.3, 0.4) is 0 Å². The predicted molar refractivity (Wildman–Crippen MR) is 62.4 cm³/mol. The Balaban J connectivity index is 1.94. The van der Waals surface area contributed by atoms with E-state index in [1.54, 1.807) is 28.9 Å². The van der Waals surface area contributed by atoms with Crippen LogP contribution in [0.15, 0.2) is 28.0 Å². The minimum atomic E-state index is 0.829. The van der Waals surface area contributed by atoms with E-state index < -0.39 is 0 Å². The summed E-state index contributed by atoms with van der Waals surface area (Å²) in [5.41, 5.74) is 3.90. The molecule has 2 aromatic rings. The van der Waals surface area contributed by atoms with Crippen molar-refractivity contribution >= 4 is 34.0 Å². The summed E-state index contributed by atoms with van der Waals surface area (Å²) in [6.45, 7) is 1.96. The van der Waals surface area contributed by atoms with E-state index in [-0.39, 0.29) is 0 Å². The van der Waals surface area contributed by atoms with Crippen molar-refractivity contribution in [2.75, 3.05) is 5.43 Å². The summed E-state index contributed by atoms with van der Waals surface area (Å²) in [6.07, 6.45) is 1.79. The first kappa shape index (κ1) is 9.36. The Hall–Kier alpha value is -1.20. The SMILES string of the molecule is Cc1csc(N/N=C/c2cccs2)n1. The first-order valence-corrected chi connectivity index (χ1v) is 5.85. The van der Waals surface area contributed by atoms with Gasteiger partial charge >= 0.3 is 0 Å². The number of hydrazone groups is 1. The second-order valence-electron chi connectivity index (χ2n) is 2.68. The van der Waals surface area contributed by atoms with Crippen molar-refractivity contribution in [2.45, 2.75) is 6.92 Å². The van der Waals surface area contributed by atoms with Crippen LogP contribution in [-0.2, 0) is 0 Å². The fourth-order valence-corrected chi connectivity index (χ4v) is 2.14. The number of anilines is 1. The van der Waals surface area contributed by atoms with E-state index in [0.717, 1.165) is 15.7 Å². The lowest BCUT2D eigenvalue weighted by molar-refractivity contribution is 1.22. The Labute approximate surface area is 90.1 Å². The molecule has 2 rings (SSSR count). The highest BCUT2D eigenvalue weighted by Crippen LogP contribution is 2.14. The fraction of sp³-hybridized carbons (Fsp3) is 0.111. The lowest BCUT2D eigenvalue weighted by Gasteiger charge is -1.90. The smallest absolute Gasteiger partial charge is 0.203 e. The van der Waals surface area contributed by atoms with Gasteiger partial charge in [-0.25, -0.2) is 4.98 Å². The van der Waals surface area contributed by atoms with Crippen molar-refractivity contribution in [3.63, 3.8) is 0 Å². The normalized spacial score (nSPS) is 10.9. The largest absolute Gasteiger partial charge is 0.253 e. The van der Waals surface area contributed by atoms with Crippen LogP contribution in [0.2, 0.25) is 0 Å². The molecule has 5 heteroatoms. The van der Waals surface area contributed by atoms with Gasteiger partial charge in [0, 0.05) is 10.3 Å². The Kier molecular flexibility index (Phi) is 2.90. The molecule has 0 unspecified atom stereocenters. The molecule has 0 amide bonds. The molecule has 0 bridgehead atoms. The number of aryl methyl sites for hydroxylation is 1. The van der Waals surface area contributed by atoms with Gasteiger partial charge in [-0.3, -0.25) is 5.43 Å². The number of nitrogens with one attached hydrogen (secondary N) is 1. The molecule has 0 aromatic carbocycles. The summed E-state index contributed by atoms with van der Waals surface area (Å²) in [6, 6.07) is 4.02. The van der Waals surface area contributed by atoms with E-state index in [1.807, 2.05) is 29.8 Å². The maximum Gasteiger partial charge on any atom is 0.203 e. The molecule has 72 valence electrons. The van der Waals surface area contributed by atoms with E-state index in [9.17, 15) is 0 Å². The van der Waals surface area contributed by atoms with Gasteiger partial charge in [0.1, 0.15) is 0 Å². The molecule has 3 nitrogen and oxygen atoms in total. The topological polar surface area (TPSA) is 37.3 Å². The molecule has 1 N–H and O–H groups in total. The third-order valence-corrected chi connectivity index (χ3v) is 3.19. The number of hydrogen-bond donors (Lipinski definition) is 1. The lowest BCUT2D eigenvalue weighted by Crippen LogP contribution is -1.88. The first-order valence-electron chi connectivity index (χ1n) is 4.09. The van der Waals surface area contributed by atoms with E-state index in [4.69, 9.17) is 0 Å². The van der Waals surface area contributed by atoms with E-state index in [2.05, 4.69) is 15.5 Å². The first-order chi connectivity index (χ1) is 6.84. The summed E-state index contributed by atoms with van der Waals surface area (Å²) in [5, 5.41) is 8.92. The van der Waals surface area contributed by atoms with Gasteiger partial charge < -0.3 is 0 Å². The summed E-state index contributed by atoms with van der Waals surface area (Å²) >= 11 is 3.21. The average molecular weight is 223 g/mol. The van der Waals surface area contributed by atoms with E-state index in [1.165, 1.54) is 0 Å². The van der Waals surface area contributed by atoms with Gasteiger partial charge in [0.2, 0.25) is 5.13 Å². The van der Waals surface area contributed by atoms with Gasteiger partial charge in [-0.1, -0.05) is 6.07 Å². The van der Waals surface area contributed by atoms with Crippen molar-refractivity contribution < 1.29 is 0 Å². The molecule has 0 saturated carbocycles. The van der Waals surface area contributed by atoms with Crippen molar-refractivity contribution in [1.29, 1.82) is 0 Å². The van der Waals surface area contributed by atoms with Crippen LogP contribution in [0, 0.1) is 6.92 Å². The molecule has 0 saturated heterocycles. The zero-order chi connectivity index (χ0) is 9.80. The molecular weight excluding hydrogens is 214 g/mol. The van der Waals surface area contributed by atoms with Gasteiger partial charge in [-0.05, 0) is 18.4 Å². The Morgan fingerprint density at radius 2 is 2.43 bits per heavy atom. The second kappa shape index (κ2) is 4.34. The van der Waals surface area contributed by atoms with Gasteiger partial charge in [-0.2, -0.15) is 5.10 Å². The quantitative estimate of drug-likeness (QED) is 0.641. The molecule has 0 atom stereocenters. The third kappa shape index (κ3) is 2.40. The van der Waals surface area contributed by atoms with E-state index >= 15 is 0 Å². The van der Waals surface area contributed by atoms with Gasteiger partial charge in [0.05, 0.1) is 11.9 Å². The number of thiophene rings is 1. The molecule has 0 fully saturated rings.